The number of carbonyl (C=O) groups excluding carboxylic acids is 1. The zero-order valence-corrected chi connectivity index (χ0v) is 15.6. The lowest BCUT2D eigenvalue weighted by molar-refractivity contribution is -0.274. The van der Waals surface area contributed by atoms with E-state index in [2.05, 4.69) is 19.9 Å². The molecule has 1 aromatic heterocycles. The zero-order valence-electron chi connectivity index (χ0n) is 14.8. The molecule has 1 fully saturated rings. The normalized spacial score (nSPS) is 16.3. The Morgan fingerprint density at radius 3 is 2.52 bits per heavy atom. The van der Waals surface area contributed by atoms with Gasteiger partial charge in [0.2, 0.25) is 0 Å². The predicted molar refractivity (Wildman–Crippen MR) is 95.7 cm³/mol. The maximum atomic E-state index is 12.3. The smallest absolute Gasteiger partial charge is 0.406 e. The van der Waals surface area contributed by atoms with Crippen molar-refractivity contribution >= 4 is 17.2 Å². The van der Waals surface area contributed by atoms with Crippen LogP contribution in [0.1, 0.15) is 33.8 Å². The van der Waals surface area contributed by atoms with Crippen molar-refractivity contribution < 1.29 is 22.7 Å². The highest BCUT2D eigenvalue weighted by atomic mass is 32.1. The molecule has 1 aromatic carbocycles. The van der Waals surface area contributed by atoms with E-state index in [1.807, 2.05) is 6.92 Å². The van der Waals surface area contributed by atoms with Crippen molar-refractivity contribution in [2.24, 2.45) is 0 Å². The third-order valence-corrected chi connectivity index (χ3v) is 5.36. The molecule has 146 valence electrons. The first-order valence-corrected chi connectivity index (χ1v) is 9.46. The summed E-state index contributed by atoms with van der Waals surface area (Å²) in [4.78, 5) is 19.2. The van der Waals surface area contributed by atoms with Gasteiger partial charge in [0.05, 0.1) is 11.2 Å². The third kappa shape index (κ3) is 5.67. The second kappa shape index (κ2) is 8.26. The lowest BCUT2D eigenvalue weighted by Crippen LogP contribution is -2.44. The second-order valence-corrected chi connectivity index (χ2v) is 7.34. The molecule has 0 atom stereocenters. The van der Waals surface area contributed by atoms with E-state index >= 15 is 0 Å². The van der Waals surface area contributed by atoms with Gasteiger partial charge in [0.1, 0.15) is 10.6 Å². The molecule has 9 heteroatoms. The number of alkyl halides is 3. The fraction of sp³-hybridized carbons (Fsp3) is 0.444. The first kappa shape index (κ1) is 19.6. The fourth-order valence-corrected chi connectivity index (χ4v) is 3.77. The number of ether oxygens (including phenoxy) is 1. The molecule has 1 aliphatic heterocycles. The van der Waals surface area contributed by atoms with Gasteiger partial charge in [-0.1, -0.05) is 12.1 Å². The monoisotopic (exact) mass is 399 g/mol. The quantitative estimate of drug-likeness (QED) is 0.832. The lowest BCUT2D eigenvalue weighted by Gasteiger charge is -2.32. The number of rotatable bonds is 5. The van der Waals surface area contributed by atoms with Gasteiger partial charge in [-0.25, -0.2) is 4.98 Å². The first-order chi connectivity index (χ1) is 12.8. The van der Waals surface area contributed by atoms with Gasteiger partial charge in [0, 0.05) is 25.7 Å². The molecule has 1 N–H and O–H groups in total. The molecule has 0 saturated carbocycles. The summed E-state index contributed by atoms with van der Waals surface area (Å²) in [7, 11) is 0. The van der Waals surface area contributed by atoms with Crippen LogP contribution in [0, 0.1) is 6.92 Å². The van der Waals surface area contributed by atoms with E-state index in [0.717, 1.165) is 37.2 Å². The summed E-state index contributed by atoms with van der Waals surface area (Å²) in [5.74, 6) is -0.292. The zero-order chi connectivity index (χ0) is 19.4. The number of carbonyl (C=O) groups is 1. The molecule has 3 rings (SSSR count). The van der Waals surface area contributed by atoms with Gasteiger partial charge in [0.15, 0.2) is 0 Å². The minimum Gasteiger partial charge on any atom is -0.406 e. The molecule has 0 bridgehead atoms. The maximum Gasteiger partial charge on any atom is 0.573 e. The Kier molecular flexibility index (Phi) is 6.01. The topological polar surface area (TPSA) is 54.5 Å². The molecule has 2 heterocycles. The molecule has 0 radical (unpaired) electrons. The lowest BCUT2D eigenvalue weighted by atomic mass is 10.0. The van der Waals surface area contributed by atoms with Crippen molar-refractivity contribution in [3.8, 4) is 5.75 Å². The highest BCUT2D eigenvalue weighted by Gasteiger charge is 2.31. The molecule has 2 aromatic rings. The van der Waals surface area contributed by atoms with Gasteiger partial charge in [0.25, 0.3) is 5.91 Å². The molecule has 1 saturated heterocycles. The summed E-state index contributed by atoms with van der Waals surface area (Å²) in [6, 6.07) is 6.06. The summed E-state index contributed by atoms with van der Waals surface area (Å²) in [5, 5.41) is 3.06. The second-order valence-electron chi connectivity index (χ2n) is 6.48. The van der Waals surface area contributed by atoms with Crippen molar-refractivity contribution in [3.63, 3.8) is 0 Å². The molecule has 0 unspecified atom stereocenters. The van der Waals surface area contributed by atoms with Crippen molar-refractivity contribution in [2.75, 3.05) is 13.1 Å². The average Bonchev–Trinajstić information content (AvgIpc) is 3.03. The number of halogens is 3. The Labute approximate surface area is 159 Å². The summed E-state index contributed by atoms with van der Waals surface area (Å²) >= 11 is 1.34. The Morgan fingerprint density at radius 1 is 1.30 bits per heavy atom. The van der Waals surface area contributed by atoms with E-state index in [9.17, 15) is 18.0 Å². The van der Waals surface area contributed by atoms with Gasteiger partial charge in [-0.3, -0.25) is 9.69 Å². The molecular formula is C18H20F3N3O2S. The van der Waals surface area contributed by atoms with Crippen molar-refractivity contribution in [1.29, 1.82) is 0 Å². The van der Waals surface area contributed by atoms with Crippen LogP contribution in [0.2, 0.25) is 0 Å². The minimum absolute atomic E-state index is 0.0753. The SMILES string of the molecule is Cc1ncsc1C(=O)NC1CCN(Cc2ccc(OC(F)(F)F)cc2)CC1. The van der Waals surface area contributed by atoms with Crippen molar-refractivity contribution in [1.82, 2.24) is 15.2 Å². The molecular weight excluding hydrogens is 379 g/mol. The Balaban J connectivity index is 1.45. The van der Waals surface area contributed by atoms with Gasteiger partial charge in [-0.2, -0.15) is 0 Å². The Bertz CT molecular complexity index is 769. The molecule has 0 spiro atoms. The van der Waals surface area contributed by atoms with Crippen LogP contribution < -0.4 is 10.1 Å². The number of aryl methyl sites for hydroxylation is 1. The Hall–Kier alpha value is -2.13. The highest BCUT2D eigenvalue weighted by molar-refractivity contribution is 7.11. The first-order valence-electron chi connectivity index (χ1n) is 8.58. The standard InChI is InChI=1S/C18H20F3N3O2S/c1-12-16(27-11-22-12)17(25)23-14-6-8-24(9-7-14)10-13-2-4-15(5-3-13)26-18(19,20)21/h2-5,11,14H,6-10H2,1H3,(H,23,25). The number of nitrogens with one attached hydrogen (secondary N) is 1. The summed E-state index contributed by atoms with van der Waals surface area (Å²) in [6.07, 6.45) is -3.01. The van der Waals surface area contributed by atoms with E-state index in [0.29, 0.717) is 11.4 Å². The average molecular weight is 399 g/mol. The van der Waals surface area contributed by atoms with Crippen LogP contribution in [-0.4, -0.2) is 41.3 Å². The summed E-state index contributed by atoms with van der Waals surface area (Å²) in [5.41, 5.74) is 3.33. The van der Waals surface area contributed by atoms with Crippen LogP contribution in [0.25, 0.3) is 0 Å². The number of likely N-dealkylation sites (tertiary alicyclic amines) is 1. The van der Waals surface area contributed by atoms with E-state index in [1.54, 1.807) is 17.6 Å². The number of piperidine rings is 1. The largest absolute Gasteiger partial charge is 0.573 e. The van der Waals surface area contributed by atoms with Crippen molar-refractivity contribution in [3.05, 3.63) is 45.9 Å². The van der Waals surface area contributed by atoms with Crippen LogP contribution in [0.5, 0.6) is 5.75 Å². The van der Waals surface area contributed by atoms with Gasteiger partial charge < -0.3 is 10.1 Å². The summed E-state index contributed by atoms with van der Waals surface area (Å²) < 4.78 is 40.5. The number of amides is 1. The van der Waals surface area contributed by atoms with Gasteiger partial charge >= 0.3 is 6.36 Å². The van der Waals surface area contributed by atoms with E-state index < -0.39 is 6.36 Å². The van der Waals surface area contributed by atoms with E-state index in [4.69, 9.17) is 0 Å². The number of hydrogen-bond donors (Lipinski definition) is 1. The predicted octanol–water partition coefficient (Wildman–Crippen LogP) is 3.74. The molecule has 1 aliphatic rings. The summed E-state index contributed by atoms with van der Waals surface area (Å²) in [6.45, 7) is 4.10. The Morgan fingerprint density at radius 2 is 1.96 bits per heavy atom. The van der Waals surface area contributed by atoms with Crippen molar-refractivity contribution in [2.45, 2.75) is 38.7 Å². The van der Waals surface area contributed by atoms with Crippen LogP contribution in [-0.2, 0) is 6.54 Å². The molecule has 1 amide bonds. The van der Waals surface area contributed by atoms with Gasteiger partial charge in [-0.15, -0.1) is 24.5 Å². The number of hydrogen-bond acceptors (Lipinski definition) is 5. The van der Waals surface area contributed by atoms with Crippen LogP contribution in [0.4, 0.5) is 13.2 Å². The van der Waals surface area contributed by atoms with Crippen LogP contribution in [0.15, 0.2) is 29.8 Å². The molecule has 27 heavy (non-hydrogen) atoms. The van der Waals surface area contributed by atoms with E-state index in [1.165, 1.54) is 23.5 Å². The third-order valence-electron chi connectivity index (χ3n) is 4.44. The van der Waals surface area contributed by atoms with Crippen LogP contribution in [0.3, 0.4) is 0 Å². The van der Waals surface area contributed by atoms with E-state index in [-0.39, 0.29) is 17.7 Å². The number of aromatic nitrogens is 1. The van der Waals surface area contributed by atoms with Crippen LogP contribution >= 0.6 is 11.3 Å². The molecule has 0 aliphatic carbocycles. The number of thiazole rings is 1. The maximum absolute atomic E-state index is 12.3. The van der Waals surface area contributed by atoms with Gasteiger partial charge in [-0.05, 0) is 37.5 Å². The number of benzene rings is 1. The highest BCUT2D eigenvalue weighted by Crippen LogP contribution is 2.23. The fourth-order valence-electron chi connectivity index (χ4n) is 3.06. The minimum atomic E-state index is -4.68. The number of nitrogens with zero attached hydrogens (tertiary/aromatic N) is 2. The molecule has 5 nitrogen and oxygen atoms in total.